The molecule has 0 unspecified atom stereocenters. The fourth-order valence-corrected chi connectivity index (χ4v) is 2.96. The minimum Gasteiger partial charge on any atom is -0.296 e. The summed E-state index contributed by atoms with van der Waals surface area (Å²) in [6.45, 7) is 0.706. The number of nitriles is 1. The van der Waals surface area contributed by atoms with Gasteiger partial charge in [0, 0.05) is 6.04 Å². The van der Waals surface area contributed by atoms with E-state index in [-0.39, 0.29) is 0 Å². The molecule has 0 N–H and O–H groups in total. The van der Waals surface area contributed by atoms with Crippen LogP contribution in [0.2, 0.25) is 0 Å². The van der Waals surface area contributed by atoms with E-state index in [1.165, 1.54) is 32.1 Å². The van der Waals surface area contributed by atoms with E-state index in [4.69, 9.17) is 5.26 Å². The van der Waals surface area contributed by atoms with Crippen LogP contribution in [0.1, 0.15) is 43.6 Å². The van der Waals surface area contributed by atoms with Crippen LogP contribution in [-0.4, -0.2) is 43.2 Å². The minimum atomic E-state index is 0.387. The monoisotopic (exact) mass is 297 g/mol. The summed E-state index contributed by atoms with van der Waals surface area (Å²) in [6, 6.07) is 6.10. The van der Waals surface area contributed by atoms with E-state index >= 15 is 0 Å². The van der Waals surface area contributed by atoms with Crippen LogP contribution in [0.4, 0.5) is 0 Å². The molecule has 2 aromatic rings. The lowest BCUT2D eigenvalue weighted by molar-refractivity contribution is 0.179. The molecule has 0 amide bonds. The second-order valence-electron chi connectivity index (χ2n) is 5.73. The highest BCUT2D eigenvalue weighted by Crippen LogP contribution is 2.22. The van der Waals surface area contributed by atoms with Gasteiger partial charge in [-0.3, -0.25) is 4.90 Å². The van der Waals surface area contributed by atoms with Crippen LogP contribution in [0.15, 0.2) is 18.3 Å². The Morgan fingerprint density at radius 2 is 2.14 bits per heavy atom. The Kier molecular flexibility index (Phi) is 4.39. The number of nitrogens with zero attached hydrogens (tertiary/aromatic N) is 7. The standard InChI is InChI=1S/C15H19N7/c1-21(13-5-3-2-4-6-13)11-15-18-19-20-22(15)14-8-7-12(9-16)17-10-14/h7-8,10,13H,2-6,11H2,1H3. The summed E-state index contributed by atoms with van der Waals surface area (Å²) in [5, 5.41) is 20.8. The van der Waals surface area contributed by atoms with Gasteiger partial charge in [-0.15, -0.1) is 5.10 Å². The molecule has 114 valence electrons. The number of pyridine rings is 1. The van der Waals surface area contributed by atoms with E-state index in [0.717, 1.165) is 11.5 Å². The van der Waals surface area contributed by atoms with Crippen molar-refractivity contribution in [3.05, 3.63) is 29.8 Å². The molecule has 7 heteroatoms. The highest BCUT2D eigenvalue weighted by molar-refractivity contribution is 5.32. The minimum absolute atomic E-state index is 0.387. The quantitative estimate of drug-likeness (QED) is 0.854. The van der Waals surface area contributed by atoms with Crippen molar-refractivity contribution in [1.82, 2.24) is 30.1 Å². The maximum Gasteiger partial charge on any atom is 0.170 e. The second-order valence-corrected chi connectivity index (χ2v) is 5.73. The number of tetrazole rings is 1. The Morgan fingerprint density at radius 3 is 2.82 bits per heavy atom. The Balaban J connectivity index is 1.75. The zero-order chi connectivity index (χ0) is 15.4. The van der Waals surface area contributed by atoms with Gasteiger partial charge in [-0.25, -0.2) is 4.98 Å². The number of aromatic nitrogens is 5. The van der Waals surface area contributed by atoms with Crippen molar-refractivity contribution < 1.29 is 0 Å². The van der Waals surface area contributed by atoms with Crippen LogP contribution < -0.4 is 0 Å². The molecule has 0 aliphatic heterocycles. The summed E-state index contributed by atoms with van der Waals surface area (Å²) in [4.78, 5) is 6.40. The Bertz CT molecular complexity index is 649. The predicted octanol–water partition coefficient (Wildman–Crippen LogP) is 1.69. The molecule has 1 aliphatic rings. The van der Waals surface area contributed by atoms with Gasteiger partial charge in [0.15, 0.2) is 5.82 Å². The first-order chi connectivity index (χ1) is 10.8. The summed E-state index contributed by atoms with van der Waals surface area (Å²) < 4.78 is 1.69. The molecule has 3 rings (SSSR count). The van der Waals surface area contributed by atoms with Gasteiger partial charge in [-0.1, -0.05) is 19.3 Å². The zero-order valence-corrected chi connectivity index (χ0v) is 12.7. The number of hydrogen-bond acceptors (Lipinski definition) is 6. The van der Waals surface area contributed by atoms with E-state index in [1.807, 2.05) is 12.1 Å². The normalized spacial score (nSPS) is 15.9. The van der Waals surface area contributed by atoms with Crippen LogP contribution in [-0.2, 0) is 6.54 Å². The van der Waals surface area contributed by atoms with Crippen molar-refractivity contribution in [1.29, 1.82) is 5.26 Å². The molecule has 2 aromatic heterocycles. The molecule has 0 radical (unpaired) electrons. The predicted molar refractivity (Wildman–Crippen MR) is 80.0 cm³/mol. The fourth-order valence-electron chi connectivity index (χ4n) is 2.96. The third-order valence-electron chi connectivity index (χ3n) is 4.23. The van der Waals surface area contributed by atoms with Gasteiger partial charge in [0.2, 0.25) is 0 Å². The van der Waals surface area contributed by atoms with Gasteiger partial charge < -0.3 is 0 Å². The second kappa shape index (κ2) is 6.62. The maximum atomic E-state index is 8.81. The molecule has 0 bridgehead atoms. The third kappa shape index (κ3) is 3.12. The van der Waals surface area contributed by atoms with E-state index < -0.39 is 0 Å². The molecule has 0 aromatic carbocycles. The molecule has 7 nitrogen and oxygen atoms in total. The summed E-state index contributed by atoms with van der Waals surface area (Å²) in [7, 11) is 2.13. The smallest absolute Gasteiger partial charge is 0.170 e. The Labute approximate surface area is 129 Å². The molecule has 1 aliphatic carbocycles. The van der Waals surface area contributed by atoms with Crippen molar-refractivity contribution in [2.75, 3.05) is 7.05 Å². The van der Waals surface area contributed by atoms with Crippen molar-refractivity contribution in [3.63, 3.8) is 0 Å². The number of hydrogen-bond donors (Lipinski definition) is 0. The van der Waals surface area contributed by atoms with Gasteiger partial charge in [-0.2, -0.15) is 9.94 Å². The lowest BCUT2D eigenvalue weighted by Gasteiger charge is -2.30. The molecule has 2 heterocycles. The first-order valence-electron chi connectivity index (χ1n) is 7.62. The van der Waals surface area contributed by atoms with Gasteiger partial charge in [0.1, 0.15) is 11.8 Å². The van der Waals surface area contributed by atoms with Crippen LogP contribution in [0.5, 0.6) is 0 Å². The molecule has 0 saturated heterocycles. The summed E-state index contributed by atoms with van der Waals surface area (Å²) in [5.74, 6) is 0.791. The van der Waals surface area contributed by atoms with Crippen LogP contribution >= 0.6 is 0 Å². The summed E-state index contributed by atoms with van der Waals surface area (Å²) >= 11 is 0. The number of rotatable bonds is 4. The highest BCUT2D eigenvalue weighted by Gasteiger charge is 2.20. The zero-order valence-electron chi connectivity index (χ0n) is 12.7. The van der Waals surface area contributed by atoms with Crippen LogP contribution in [0, 0.1) is 11.3 Å². The topological polar surface area (TPSA) is 83.5 Å². The lowest BCUT2D eigenvalue weighted by Crippen LogP contribution is -2.33. The van der Waals surface area contributed by atoms with Crippen LogP contribution in [0.25, 0.3) is 5.69 Å². The van der Waals surface area contributed by atoms with E-state index in [0.29, 0.717) is 18.3 Å². The first kappa shape index (κ1) is 14.6. The van der Waals surface area contributed by atoms with Gasteiger partial charge in [-0.05, 0) is 42.4 Å². The van der Waals surface area contributed by atoms with E-state index in [2.05, 4.69) is 32.5 Å². The van der Waals surface area contributed by atoms with Gasteiger partial charge >= 0.3 is 0 Å². The average molecular weight is 297 g/mol. The molecule has 1 saturated carbocycles. The average Bonchev–Trinajstić information content (AvgIpc) is 3.04. The van der Waals surface area contributed by atoms with E-state index in [1.54, 1.807) is 16.9 Å². The van der Waals surface area contributed by atoms with Gasteiger partial charge in [0.05, 0.1) is 18.4 Å². The van der Waals surface area contributed by atoms with Crippen molar-refractivity contribution in [2.24, 2.45) is 0 Å². The van der Waals surface area contributed by atoms with Crippen molar-refractivity contribution >= 4 is 0 Å². The van der Waals surface area contributed by atoms with Crippen molar-refractivity contribution in [2.45, 2.75) is 44.7 Å². The highest BCUT2D eigenvalue weighted by atomic mass is 15.5. The molecule has 0 atom stereocenters. The third-order valence-corrected chi connectivity index (χ3v) is 4.23. The summed E-state index contributed by atoms with van der Waals surface area (Å²) in [5.41, 5.74) is 1.16. The van der Waals surface area contributed by atoms with Gasteiger partial charge in [0.25, 0.3) is 0 Å². The summed E-state index contributed by atoms with van der Waals surface area (Å²) in [6.07, 6.45) is 8.07. The maximum absolute atomic E-state index is 8.81. The largest absolute Gasteiger partial charge is 0.296 e. The lowest BCUT2D eigenvalue weighted by atomic mass is 9.94. The molecular formula is C15H19N7. The fraction of sp³-hybridized carbons (Fsp3) is 0.533. The van der Waals surface area contributed by atoms with E-state index in [9.17, 15) is 0 Å². The van der Waals surface area contributed by atoms with Crippen molar-refractivity contribution in [3.8, 4) is 11.8 Å². The Hall–Kier alpha value is -2.33. The molecule has 0 spiro atoms. The molecular weight excluding hydrogens is 278 g/mol. The molecule has 1 fully saturated rings. The first-order valence-corrected chi connectivity index (χ1v) is 7.62. The Morgan fingerprint density at radius 1 is 1.32 bits per heavy atom. The van der Waals surface area contributed by atoms with Crippen LogP contribution in [0.3, 0.4) is 0 Å². The molecule has 22 heavy (non-hydrogen) atoms. The SMILES string of the molecule is CN(Cc1nnnn1-c1ccc(C#N)nc1)C1CCCCC1.